The van der Waals surface area contributed by atoms with Crippen LogP contribution in [-0.2, 0) is 10.2 Å². The molecule has 2 N–H and O–H groups in total. The quantitative estimate of drug-likeness (QED) is 0.705. The van der Waals surface area contributed by atoms with Gasteiger partial charge in [0.2, 0.25) is 0 Å². The Morgan fingerprint density at radius 2 is 2.00 bits per heavy atom. The molecule has 1 aliphatic rings. The molecule has 0 spiro atoms. The zero-order valence-electron chi connectivity index (χ0n) is 10.0. The number of aliphatic hydroxyl groups is 1. The molecule has 0 aromatic carbocycles. The molecule has 0 bridgehead atoms. The van der Waals surface area contributed by atoms with Crippen LogP contribution in [0.3, 0.4) is 0 Å². The van der Waals surface area contributed by atoms with Gasteiger partial charge in [0.15, 0.2) is 0 Å². The molecule has 5 nitrogen and oxygen atoms in total. The minimum atomic E-state index is -4.42. The van der Waals surface area contributed by atoms with Gasteiger partial charge in [0.05, 0.1) is 13.2 Å². The zero-order valence-corrected chi connectivity index (χ0v) is 10.8. The summed E-state index contributed by atoms with van der Waals surface area (Å²) in [5.41, 5.74) is 0. The van der Waals surface area contributed by atoms with Gasteiger partial charge in [-0.2, -0.15) is 26.2 Å². The average Bonchev–Trinajstić information content (AvgIpc) is 2.36. The fourth-order valence-corrected chi connectivity index (χ4v) is 3.30. The van der Waals surface area contributed by atoms with Gasteiger partial charge in [-0.15, -0.1) is 0 Å². The van der Waals surface area contributed by atoms with Crippen LogP contribution in [0.5, 0.6) is 0 Å². The number of alkyl halides is 4. The molecule has 1 fully saturated rings. The van der Waals surface area contributed by atoms with E-state index < -0.39 is 41.8 Å². The second-order valence-corrected chi connectivity index (χ2v) is 6.04. The van der Waals surface area contributed by atoms with Gasteiger partial charge < -0.3 is 5.11 Å². The summed E-state index contributed by atoms with van der Waals surface area (Å²) in [7, 11) is -4.30. The van der Waals surface area contributed by atoms with E-state index in [9.17, 15) is 26.0 Å². The van der Waals surface area contributed by atoms with Gasteiger partial charge in [-0.25, -0.2) is 8.78 Å². The Balaban J connectivity index is 2.70. The number of nitrogens with one attached hydrogen (secondary N) is 1. The maximum Gasteiger partial charge on any atom is 0.320 e. The van der Waals surface area contributed by atoms with E-state index in [4.69, 9.17) is 5.11 Å². The van der Waals surface area contributed by atoms with Crippen molar-refractivity contribution in [3.63, 3.8) is 0 Å². The Morgan fingerprint density at radius 1 is 1.37 bits per heavy atom. The van der Waals surface area contributed by atoms with Gasteiger partial charge >= 0.3 is 12.3 Å². The summed E-state index contributed by atoms with van der Waals surface area (Å²) in [5.74, 6) is -4.42. The normalized spacial score (nSPS) is 22.9. The summed E-state index contributed by atoms with van der Waals surface area (Å²) in [5, 5.41) is 9.04. The summed E-state index contributed by atoms with van der Waals surface area (Å²) in [6.07, 6.45) is -2.29. The number of nitrogens with zero attached hydrogens (tertiary/aromatic N) is 1. The van der Waals surface area contributed by atoms with Gasteiger partial charge in [-0.3, -0.25) is 0 Å². The molecule has 1 rings (SSSR count). The second-order valence-electron chi connectivity index (χ2n) is 4.33. The van der Waals surface area contributed by atoms with Crippen LogP contribution in [0.25, 0.3) is 0 Å². The fraction of sp³-hybridized carbons (Fsp3) is 1.00. The van der Waals surface area contributed by atoms with Crippen LogP contribution in [0.4, 0.5) is 17.6 Å². The van der Waals surface area contributed by atoms with E-state index in [-0.39, 0.29) is 6.54 Å². The molecule has 0 saturated carbocycles. The number of halogens is 4. The molecule has 1 saturated heterocycles. The molecule has 1 atom stereocenters. The van der Waals surface area contributed by atoms with Crippen molar-refractivity contribution in [1.82, 2.24) is 9.03 Å². The molecule has 1 aliphatic heterocycles. The van der Waals surface area contributed by atoms with E-state index in [0.29, 0.717) is 19.3 Å². The third kappa shape index (κ3) is 4.26. The van der Waals surface area contributed by atoms with Gasteiger partial charge in [-0.05, 0) is 12.8 Å². The molecule has 0 aliphatic carbocycles. The standard InChI is InChI=1S/C9H16F4N2O3S/c10-8(11)9(12,13)6-14-19(17,18)15-4-2-1-3-7(15)5-16/h7-8,14,16H,1-6H2. The highest BCUT2D eigenvalue weighted by Crippen LogP contribution is 2.23. The van der Waals surface area contributed by atoms with Crippen LogP contribution < -0.4 is 4.72 Å². The molecule has 114 valence electrons. The summed E-state index contributed by atoms with van der Waals surface area (Å²) >= 11 is 0. The third-order valence-electron chi connectivity index (χ3n) is 2.90. The van der Waals surface area contributed by atoms with E-state index in [1.807, 2.05) is 0 Å². The van der Waals surface area contributed by atoms with Gasteiger partial charge in [0.25, 0.3) is 10.2 Å². The molecule has 19 heavy (non-hydrogen) atoms. The number of hydrogen-bond donors (Lipinski definition) is 2. The lowest BCUT2D eigenvalue weighted by atomic mass is 10.1. The Kier molecular flexibility index (Phi) is 5.53. The smallest absolute Gasteiger partial charge is 0.320 e. The Labute approximate surface area is 108 Å². The molecule has 0 aromatic rings. The summed E-state index contributed by atoms with van der Waals surface area (Å²) in [6.45, 7) is -2.03. The monoisotopic (exact) mass is 308 g/mol. The van der Waals surface area contributed by atoms with E-state index in [1.165, 1.54) is 4.72 Å². The molecular formula is C9H16F4N2O3S. The lowest BCUT2D eigenvalue weighted by Gasteiger charge is -2.33. The molecular weight excluding hydrogens is 292 g/mol. The first-order valence-electron chi connectivity index (χ1n) is 5.74. The second kappa shape index (κ2) is 6.33. The van der Waals surface area contributed by atoms with E-state index in [1.54, 1.807) is 0 Å². The zero-order chi connectivity index (χ0) is 14.7. The van der Waals surface area contributed by atoms with Crippen molar-refractivity contribution in [2.24, 2.45) is 0 Å². The predicted octanol–water partition coefficient (Wildman–Crippen LogP) is 0.568. The van der Waals surface area contributed by atoms with E-state index in [0.717, 1.165) is 4.31 Å². The summed E-state index contributed by atoms with van der Waals surface area (Å²) in [4.78, 5) is 0. The summed E-state index contributed by atoms with van der Waals surface area (Å²) in [6, 6.07) is -0.702. The van der Waals surface area contributed by atoms with Crippen molar-refractivity contribution in [3.05, 3.63) is 0 Å². The highest BCUT2D eigenvalue weighted by atomic mass is 32.2. The Hall–Kier alpha value is -0.450. The fourth-order valence-electron chi connectivity index (χ4n) is 1.82. The van der Waals surface area contributed by atoms with Crippen molar-refractivity contribution in [1.29, 1.82) is 0 Å². The van der Waals surface area contributed by atoms with Crippen molar-refractivity contribution in [2.75, 3.05) is 19.7 Å². The number of piperidine rings is 1. The van der Waals surface area contributed by atoms with Crippen LogP contribution in [-0.4, -0.2) is 55.9 Å². The Bertz CT molecular complexity index is 391. The van der Waals surface area contributed by atoms with Crippen LogP contribution in [0, 0.1) is 0 Å². The maximum absolute atomic E-state index is 12.7. The van der Waals surface area contributed by atoms with E-state index >= 15 is 0 Å². The lowest BCUT2D eigenvalue weighted by molar-refractivity contribution is -0.122. The molecule has 1 heterocycles. The van der Waals surface area contributed by atoms with Crippen LogP contribution in [0.2, 0.25) is 0 Å². The SMILES string of the molecule is O=S(=O)(NCC(F)(F)C(F)F)N1CCCCC1CO. The molecule has 0 aromatic heterocycles. The topological polar surface area (TPSA) is 69.6 Å². The van der Waals surface area contributed by atoms with Gasteiger partial charge in [0, 0.05) is 12.6 Å². The lowest BCUT2D eigenvalue weighted by Crippen LogP contribution is -2.53. The molecule has 0 amide bonds. The first-order valence-corrected chi connectivity index (χ1v) is 7.18. The van der Waals surface area contributed by atoms with Crippen molar-refractivity contribution < 1.29 is 31.1 Å². The minimum Gasteiger partial charge on any atom is -0.395 e. The first-order chi connectivity index (χ1) is 8.70. The largest absolute Gasteiger partial charge is 0.395 e. The number of hydrogen-bond acceptors (Lipinski definition) is 3. The molecule has 10 heteroatoms. The van der Waals surface area contributed by atoms with Crippen molar-refractivity contribution in [2.45, 2.75) is 37.7 Å². The number of rotatable bonds is 6. The summed E-state index contributed by atoms with van der Waals surface area (Å²) < 4.78 is 75.0. The van der Waals surface area contributed by atoms with Crippen LogP contribution in [0.1, 0.15) is 19.3 Å². The average molecular weight is 308 g/mol. The first kappa shape index (κ1) is 16.6. The highest BCUT2D eigenvalue weighted by molar-refractivity contribution is 7.87. The van der Waals surface area contributed by atoms with Gasteiger partial charge in [-0.1, -0.05) is 6.42 Å². The Morgan fingerprint density at radius 3 is 2.53 bits per heavy atom. The maximum atomic E-state index is 12.7. The van der Waals surface area contributed by atoms with Crippen molar-refractivity contribution >= 4 is 10.2 Å². The molecule has 1 unspecified atom stereocenters. The van der Waals surface area contributed by atoms with Crippen molar-refractivity contribution in [3.8, 4) is 0 Å². The molecule has 0 radical (unpaired) electrons. The minimum absolute atomic E-state index is 0.0702. The highest BCUT2D eigenvalue weighted by Gasteiger charge is 2.42. The number of aliphatic hydroxyl groups excluding tert-OH is 1. The van der Waals surface area contributed by atoms with Crippen LogP contribution in [0.15, 0.2) is 0 Å². The van der Waals surface area contributed by atoms with Gasteiger partial charge in [0.1, 0.15) is 0 Å². The van der Waals surface area contributed by atoms with E-state index in [2.05, 4.69) is 0 Å². The van der Waals surface area contributed by atoms with Crippen LogP contribution >= 0.6 is 0 Å². The predicted molar refractivity (Wildman–Crippen MR) is 59.3 cm³/mol. The third-order valence-corrected chi connectivity index (χ3v) is 4.51.